The number of halogens is 1. The van der Waals surface area contributed by atoms with Crippen LogP contribution < -0.4 is 10.1 Å². The second kappa shape index (κ2) is 6.35. The zero-order valence-corrected chi connectivity index (χ0v) is 11.9. The number of nitrogens with zero attached hydrogens (tertiary/aromatic N) is 1. The molecule has 1 aliphatic heterocycles. The van der Waals surface area contributed by atoms with E-state index in [4.69, 9.17) is 4.74 Å². The number of rotatable bonds is 4. The molecule has 4 heteroatoms. The van der Waals surface area contributed by atoms with Gasteiger partial charge in [-0.05, 0) is 57.6 Å². The van der Waals surface area contributed by atoms with E-state index in [0.717, 1.165) is 31.5 Å². The van der Waals surface area contributed by atoms with Crippen LogP contribution in [0, 0.1) is 5.82 Å². The number of piperidine rings is 1. The second-order valence-corrected chi connectivity index (χ2v) is 5.36. The summed E-state index contributed by atoms with van der Waals surface area (Å²) in [6, 6.07) is 5.86. The van der Waals surface area contributed by atoms with Gasteiger partial charge < -0.3 is 15.0 Å². The molecule has 1 unspecified atom stereocenters. The molecule has 1 saturated heterocycles. The molecule has 1 N–H and O–H groups in total. The maximum Gasteiger partial charge on any atom is 0.165 e. The van der Waals surface area contributed by atoms with Crippen molar-refractivity contribution in [1.82, 2.24) is 10.2 Å². The maximum atomic E-state index is 13.7. The predicted octanol–water partition coefficient (Wildman–Crippen LogP) is 2.58. The SMILES string of the molecule is COc1ccc(C(C)NC2CCN(C)CC2)cc1F. The van der Waals surface area contributed by atoms with Crippen molar-refractivity contribution in [3.63, 3.8) is 0 Å². The van der Waals surface area contributed by atoms with Gasteiger partial charge in [0.15, 0.2) is 11.6 Å². The number of benzene rings is 1. The Labute approximate surface area is 114 Å². The molecule has 0 aliphatic carbocycles. The third-order valence-electron chi connectivity index (χ3n) is 3.88. The highest BCUT2D eigenvalue weighted by Gasteiger charge is 2.19. The zero-order valence-electron chi connectivity index (χ0n) is 11.9. The minimum atomic E-state index is -0.294. The van der Waals surface area contributed by atoms with Gasteiger partial charge in [0.2, 0.25) is 0 Å². The van der Waals surface area contributed by atoms with Crippen LogP contribution in [0.1, 0.15) is 31.4 Å². The van der Waals surface area contributed by atoms with Crippen LogP contribution in [-0.4, -0.2) is 38.2 Å². The highest BCUT2D eigenvalue weighted by atomic mass is 19.1. The molecule has 1 aromatic carbocycles. The number of hydrogen-bond donors (Lipinski definition) is 1. The third-order valence-corrected chi connectivity index (χ3v) is 3.88. The van der Waals surface area contributed by atoms with E-state index in [-0.39, 0.29) is 11.9 Å². The molecule has 0 spiro atoms. The molecular formula is C15H23FN2O. The van der Waals surface area contributed by atoms with E-state index >= 15 is 0 Å². The average molecular weight is 266 g/mol. The van der Waals surface area contributed by atoms with Crippen LogP contribution in [0.5, 0.6) is 5.75 Å². The number of ether oxygens (including phenoxy) is 1. The fourth-order valence-electron chi connectivity index (χ4n) is 2.58. The molecule has 106 valence electrons. The van der Waals surface area contributed by atoms with E-state index in [1.54, 1.807) is 12.1 Å². The summed E-state index contributed by atoms with van der Waals surface area (Å²) in [6.45, 7) is 4.34. The number of hydrogen-bond acceptors (Lipinski definition) is 3. The van der Waals surface area contributed by atoms with E-state index in [1.807, 2.05) is 6.07 Å². The summed E-state index contributed by atoms with van der Waals surface area (Å²) < 4.78 is 18.6. The standard InChI is InChI=1S/C15H23FN2O/c1-11(17-13-6-8-18(2)9-7-13)12-4-5-15(19-3)14(16)10-12/h4-5,10-11,13,17H,6-9H2,1-3H3. The monoisotopic (exact) mass is 266 g/mol. The van der Waals surface area contributed by atoms with Gasteiger partial charge in [-0.2, -0.15) is 0 Å². The van der Waals surface area contributed by atoms with E-state index in [1.165, 1.54) is 7.11 Å². The summed E-state index contributed by atoms with van der Waals surface area (Å²) in [6.07, 6.45) is 2.30. The van der Waals surface area contributed by atoms with Crippen molar-refractivity contribution in [2.45, 2.75) is 31.8 Å². The minimum Gasteiger partial charge on any atom is -0.494 e. The van der Waals surface area contributed by atoms with Crippen LogP contribution in [0.2, 0.25) is 0 Å². The third kappa shape index (κ3) is 3.67. The van der Waals surface area contributed by atoms with E-state index in [9.17, 15) is 4.39 Å². The molecule has 0 aromatic heterocycles. The van der Waals surface area contributed by atoms with Crippen molar-refractivity contribution in [3.8, 4) is 5.75 Å². The number of nitrogens with one attached hydrogen (secondary N) is 1. The molecule has 0 saturated carbocycles. The maximum absolute atomic E-state index is 13.7. The summed E-state index contributed by atoms with van der Waals surface area (Å²) in [5.74, 6) is 0.00673. The minimum absolute atomic E-state index is 0.161. The average Bonchev–Trinajstić information content (AvgIpc) is 2.41. The molecule has 1 fully saturated rings. The normalized spacial score (nSPS) is 19.4. The van der Waals surface area contributed by atoms with Gasteiger partial charge in [-0.1, -0.05) is 6.07 Å². The Morgan fingerprint density at radius 2 is 2.05 bits per heavy atom. The fraction of sp³-hybridized carbons (Fsp3) is 0.600. The Morgan fingerprint density at radius 1 is 1.37 bits per heavy atom. The largest absolute Gasteiger partial charge is 0.494 e. The van der Waals surface area contributed by atoms with Crippen LogP contribution in [0.25, 0.3) is 0 Å². The van der Waals surface area contributed by atoms with E-state index in [0.29, 0.717) is 11.8 Å². The van der Waals surface area contributed by atoms with Crippen molar-refractivity contribution >= 4 is 0 Å². The Hall–Kier alpha value is -1.13. The van der Waals surface area contributed by atoms with Crippen LogP contribution in [-0.2, 0) is 0 Å². The molecule has 1 aliphatic rings. The lowest BCUT2D eigenvalue weighted by Crippen LogP contribution is -2.41. The van der Waals surface area contributed by atoms with Gasteiger partial charge in [0, 0.05) is 12.1 Å². The van der Waals surface area contributed by atoms with Crippen molar-refractivity contribution in [1.29, 1.82) is 0 Å². The second-order valence-electron chi connectivity index (χ2n) is 5.36. The van der Waals surface area contributed by atoms with Crippen molar-refractivity contribution in [3.05, 3.63) is 29.6 Å². The Bertz CT molecular complexity index is 417. The summed E-state index contributed by atoms with van der Waals surface area (Å²) >= 11 is 0. The number of likely N-dealkylation sites (tertiary alicyclic amines) is 1. The molecule has 0 bridgehead atoms. The van der Waals surface area contributed by atoms with Gasteiger partial charge in [0.1, 0.15) is 0 Å². The first-order chi connectivity index (χ1) is 9.10. The lowest BCUT2D eigenvalue weighted by molar-refractivity contribution is 0.226. The number of methoxy groups -OCH3 is 1. The molecule has 3 nitrogen and oxygen atoms in total. The first-order valence-corrected chi connectivity index (χ1v) is 6.88. The lowest BCUT2D eigenvalue weighted by atomic mass is 10.0. The fourth-order valence-corrected chi connectivity index (χ4v) is 2.58. The molecular weight excluding hydrogens is 243 g/mol. The van der Waals surface area contributed by atoms with Gasteiger partial charge >= 0.3 is 0 Å². The zero-order chi connectivity index (χ0) is 13.8. The van der Waals surface area contributed by atoms with Gasteiger partial charge in [0.05, 0.1) is 7.11 Å². The van der Waals surface area contributed by atoms with Gasteiger partial charge in [-0.15, -0.1) is 0 Å². The van der Waals surface area contributed by atoms with Gasteiger partial charge in [-0.3, -0.25) is 0 Å². The van der Waals surface area contributed by atoms with Gasteiger partial charge in [0.25, 0.3) is 0 Å². The smallest absolute Gasteiger partial charge is 0.165 e. The first kappa shape index (κ1) is 14.3. The van der Waals surface area contributed by atoms with Crippen LogP contribution in [0.3, 0.4) is 0 Å². The molecule has 1 heterocycles. The molecule has 1 atom stereocenters. The summed E-state index contributed by atoms with van der Waals surface area (Å²) in [4.78, 5) is 2.34. The van der Waals surface area contributed by atoms with Crippen LogP contribution in [0.15, 0.2) is 18.2 Å². The Kier molecular flexibility index (Phi) is 4.77. The van der Waals surface area contributed by atoms with E-state index in [2.05, 4.69) is 24.2 Å². The van der Waals surface area contributed by atoms with Crippen molar-refractivity contribution in [2.75, 3.05) is 27.2 Å². The molecule has 1 aromatic rings. The quantitative estimate of drug-likeness (QED) is 0.906. The highest BCUT2D eigenvalue weighted by Crippen LogP contribution is 2.23. The summed E-state index contributed by atoms with van der Waals surface area (Å²) in [7, 11) is 3.64. The lowest BCUT2D eigenvalue weighted by Gasteiger charge is -2.31. The summed E-state index contributed by atoms with van der Waals surface area (Å²) in [5.41, 5.74) is 0.970. The van der Waals surface area contributed by atoms with Crippen molar-refractivity contribution < 1.29 is 9.13 Å². The highest BCUT2D eigenvalue weighted by molar-refractivity contribution is 5.30. The molecule has 2 rings (SSSR count). The van der Waals surface area contributed by atoms with Crippen LogP contribution >= 0.6 is 0 Å². The van der Waals surface area contributed by atoms with Crippen molar-refractivity contribution in [2.24, 2.45) is 0 Å². The Morgan fingerprint density at radius 3 is 2.63 bits per heavy atom. The predicted molar refractivity (Wildman–Crippen MR) is 75.0 cm³/mol. The van der Waals surface area contributed by atoms with Crippen LogP contribution in [0.4, 0.5) is 4.39 Å². The topological polar surface area (TPSA) is 24.5 Å². The van der Waals surface area contributed by atoms with E-state index < -0.39 is 0 Å². The summed E-state index contributed by atoms with van der Waals surface area (Å²) in [5, 5.41) is 3.59. The van der Waals surface area contributed by atoms with Gasteiger partial charge in [-0.25, -0.2) is 4.39 Å². The Balaban J connectivity index is 1.96. The molecule has 19 heavy (non-hydrogen) atoms. The molecule has 0 radical (unpaired) electrons. The molecule has 0 amide bonds. The first-order valence-electron chi connectivity index (χ1n) is 6.88.